The van der Waals surface area contributed by atoms with E-state index in [1.807, 2.05) is 12.1 Å². The van der Waals surface area contributed by atoms with Crippen LogP contribution in [0.2, 0.25) is 0 Å². The molecule has 2 rings (SSSR count). The second kappa shape index (κ2) is 5.63. The maximum absolute atomic E-state index is 12.8. The van der Waals surface area contributed by atoms with Gasteiger partial charge in [0.05, 0.1) is 0 Å². The van der Waals surface area contributed by atoms with Crippen molar-refractivity contribution in [3.8, 4) is 0 Å². The SMILES string of the molecule is CC1CCC(NCc2ccc(F)cc2)CC1C. The fourth-order valence-corrected chi connectivity index (χ4v) is 2.60. The van der Waals surface area contributed by atoms with Gasteiger partial charge in [-0.25, -0.2) is 4.39 Å². The molecule has 2 heteroatoms. The van der Waals surface area contributed by atoms with E-state index in [9.17, 15) is 4.39 Å². The quantitative estimate of drug-likeness (QED) is 0.841. The molecule has 3 unspecified atom stereocenters. The van der Waals surface area contributed by atoms with Crippen molar-refractivity contribution in [2.75, 3.05) is 0 Å². The van der Waals surface area contributed by atoms with Gasteiger partial charge in [0.25, 0.3) is 0 Å². The Morgan fingerprint density at radius 1 is 1.12 bits per heavy atom. The van der Waals surface area contributed by atoms with Gasteiger partial charge in [-0.3, -0.25) is 0 Å². The van der Waals surface area contributed by atoms with Crippen LogP contribution in [0.1, 0.15) is 38.7 Å². The molecule has 0 aromatic heterocycles. The number of rotatable bonds is 3. The van der Waals surface area contributed by atoms with Crippen molar-refractivity contribution in [1.29, 1.82) is 0 Å². The van der Waals surface area contributed by atoms with E-state index >= 15 is 0 Å². The number of halogens is 1. The summed E-state index contributed by atoms with van der Waals surface area (Å²) in [5.74, 6) is 1.52. The molecule has 17 heavy (non-hydrogen) atoms. The summed E-state index contributed by atoms with van der Waals surface area (Å²) in [6.45, 7) is 5.54. The molecular formula is C15H22FN. The normalized spacial score (nSPS) is 29.2. The Hall–Kier alpha value is -0.890. The minimum absolute atomic E-state index is 0.158. The first-order valence-corrected chi connectivity index (χ1v) is 6.63. The van der Waals surface area contributed by atoms with E-state index in [1.165, 1.54) is 31.4 Å². The van der Waals surface area contributed by atoms with E-state index in [1.54, 1.807) is 0 Å². The minimum atomic E-state index is -0.158. The Bertz CT molecular complexity index is 346. The summed E-state index contributed by atoms with van der Waals surface area (Å²) in [6.07, 6.45) is 3.86. The lowest BCUT2D eigenvalue weighted by molar-refractivity contribution is 0.225. The zero-order valence-electron chi connectivity index (χ0n) is 10.7. The summed E-state index contributed by atoms with van der Waals surface area (Å²) < 4.78 is 12.8. The van der Waals surface area contributed by atoms with Gasteiger partial charge in [0.15, 0.2) is 0 Å². The second-order valence-corrected chi connectivity index (χ2v) is 5.47. The molecule has 0 amide bonds. The summed E-state index contributed by atoms with van der Waals surface area (Å²) in [6, 6.07) is 7.41. The van der Waals surface area contributed by atoms with E-state index in [0.29, 0.717) is 6.04 Å². The van der Waals surface area contributed by atoms with Crippen molar-refractivity contribution in [2.24, 2.45) is 11.8 Å². The van der Waals surface area contributed by atoms with Gasteiger partial charge in [-0.15, -0.1) is 0 Å². The molecule has 1 nitrogen and oxygen atoms in total. The topological polar surface area (TPSA) is 12.0 Å². The Labute approximate surface area is 103 Å². The first-order valence-electron chi connectivity index (χ1n) is 6.63. The summed E-state index contributed by atoms with van der Waals surface area (Å²) in [7, 11) is 0. The summed E-state index contributed by atoms with van der Waals surface area (Å²) >= 11 is 0. The van der Waals surface area contributed by atoms with Gasteiger partial charge in [0.2, 0.25) is 0 Å². The number of hydrogen-bond acceptors (Lipinski definition) is 1. The molecule has 1 aliphatic carbocycles. The molecule has 94 valence electrons. The maximum Gasteiger partial charge on any atom is 0.123 e. The van der Waals surface area contributed by atoms with Crippen LogP contribution in [0.5, 0.6) is 0 Å². The van der Waals surface area contributed by atoms with Crippen LogP contribution in [0.25, 0.3) is 0 Å². The highest BCUT2D eigenvalue weighted by atomic mass is 19.1. The monoisotopic (exact) mass is 235 g/mol. The van der Waals surface area contributed by atoms with Gasteiger partial charge < -0.3 is 5.32 Å². The van der Waals surface area contributed by atoms with E-state index in [4.69, 9.17) is 0 Å². The highest BCUT2D eigenvalue weighted by molar-refractivity contribution is 5.15. The zero-order valence-corrected chi connectivity index (χ0v) is 10.7. The lowest BCUT2D eigenvalue weighted by Crippen LogP contribution is -2.35. The van der Waals surface area contributed by atoms with Crippen molar-refractivity contribution in [2.45, 2.75) is 45.7 Å². The van der Waals surface area contributed by atoms with E-state index in [0.717, 1.165) is 23.9 Å². The van der Waals surface area contributed by atoms with Gasteiger partial charge in [-0.1, -0.05) is 26.0 Å². The standard InChI is InChI=1S/C15H22FN/c1-11-3-8-15(9-12(11)2)17-10-13-4-6-14(16)7-5-13/h4-7,11-12,15,17H,3,8-10H2,1-2H3. The van der Waals surface area contributed by atoms with Crippen molar-refractivity contribution in [1.82, 2.24) is 5.32 Å². The number of nitrogens with one attached hydrogen (secondary N) is 1. The van der Waals surface area contributed by atoms with E-state index < -0.39 is 0 Å². The molecule has 1 aromatic rings. The molecule has 0 bridgehead atoms. The third-order valence-corrected chi connectivity index (χ3v) is 4.11. The van der Waals surface area contributed by atoms with Crippen molar-refractivity contribution in [3.63, 3.8) is 0 Å². The molecule has 1 saturated carbocycles. The first kappa shape index (κ1) is 12.6. The van der Waals surface area contributed by atoms with Gasteiger partial charge in [-0.2, -0.15) is 0 Å². The lowest BCUT2D eigenvalue weighted by Gasteiger charge is -2.32. The third-order valence-electron chi connectivity index (χ3n) is 4.11. The molecule has 1 aliphatic rings. The number of hydrogen-bond donors (Lipinski definition) is 1. The van der Waals surface area contributed by atoms with Crippen molar-refractivity contribution >= 4 is 0 Å². The fourth-order valence-electron chi connectivity index (χ4n) is 2.60. The predicted molar refractivity (Wildman–Crippen MR) is 69.2 cm³/mol. The van der Waals surface area contributed by atoms with E-state index in [-0.39, 0.29) is 5.82 Å². The predicted octanol–water partition coefficient (Wildman–Crippen LogP) is 3.74. The van der Waals surface area contributed by atoms with Crippen LogP contribution >= 0.6 is 0 Å². The average Bonchev–Trinajstić information content (AvgIpc) is 2.33. The van der Waals surface area contributed by atoms with Gasteiger partial charge in [-0.05, 0) is 48.8 Å². The Morgan fingerprint density at radius 2 is 1.82 bits per heavy atom. The fraction of sp³-hybridized carbons (Fsp3) is 0.600. The van der Waals surface area contributed by atoms with E-state index in [2.05, 4.69) is 19.2 Å². The van der Waals surface area contributed by atoms with Crippen LogP contribution in [-0.4, -0.2) is 6.04 Å². The molecule has 0 heterocycles. The van der Waals surface area contributed by atoms with Gasteiger partial charge in [0.1, 0.15) is 5.82 Å². The van der Waals surface area contributed by atoms with Crippen LogP contribution in [-0.2, 0) is 6.54 Å². The van der Waals surface area contributed by atoms with Crippen LogP contribution in [0.3, 0.4) is 0 Å². The molecule has 0 aliphatic heterocycles. The molecule has 0 spiro atoms. The zero-order chi connectivity index (χ0) is 12.3. The van der Waals surface area contributed by atoms with Crippen LogP contribution < -0.4 is 5.32 Å². The highest BCUT2D eigenvalue weighted by Crippen LogP contribution is 2.29. The van der Waals surface area contributed by atoms with Gasteiger partial charge in [0, 0.05) is 12.6 Å². The van der Waals surface area contributed by atoms with Crippen LogP contribution in [0, 0.1) is 17.7 Å². The smallest absolute Gasteiger partial charge is 0.123 e. The summed E-state index contributed by atoms with van der Waals surface area (Å²) in [4.78, 5) is 0. The van der Waals surface area contributed by atoms with Crippen molar-refractivity contribution < 1.29 is 4.39 Å². The number of benzene rings is 1. The van der Waals surface area contributed by atoms with Crippen molar-refractivity contribution in [3.05, 3.63) is 35.6 Å². The first-order chi connectivity index (χ1) is 8.15. The lowest BCUT2D eigenvalue weighted by atomic mass is 9.79. The Kier molecular flexibility index (Phi) is 4.16. The molecule has 1 fully saturated rings. The molecule has 0 radical (unpaired) electrons. The molecule has 0 saturated heterocycles. The molecule has 1 aromatic carbocycles. The highest BCUT2D eigenvalue weighted by Gasteiger charge is 2.23. The Morgan fingerprint density at radius 3 is 2.47 bits per heavy atom. The maximum atomic E-state index is 12.8. The third kappa shape index (κ3) is 3.53. The summed E-state index contributed by atoms with van der Waals surface area (Å²) in [5.41, 5.74) is 1.16. The second-order valence-electron chi connectivity index (χ2n) is 5.47. The van der Waals surface area contributed by atoms with Crippen LogP contribution in [0.4, 0.5) is 4.39 Å². The summed E-state index contributed by atoms with van der Waals surface area (Å²) in [5, 5.41) is 3.59. The Balaban J connectivity index is 1.80. The molecule has 3 atom stereocenters. The van der Waals surface area contributed by atoms with Gasteiger partial charge >= 0.3 is 0 Å². The minimum Gasteiger partial charge on any atom is -0.310 e. The average molecular weight is 235 g/mol. The largest absolute Gasteiger partial charge is 0.310 e. The van der Waals surface area contributed by atoms with Crippen LogP contribution in [0.15, 0.2) is 24.3 Å². The molecular weight excluding hydrogens is 213 g/mol. The molecule has 1 N–H and O–H groups in total.